The summed E-state index contributed by atoms with van der Waals surface area (Å²) >= 11 is 3.38. The Labute approximate surface area is 130 Å². The molecule has 0 spiro atoms. The molecule has 0 aliphatic carbocycles. The predicted molar refractivity (Wildman–Crippen MR) is 85.0 cm³/mol. The first-order valence-corrected chi connectivity index (χ1v) is 7.10. The van der Waals surface area contributed by atoms with Crippen LogP contribution in [0.15, 0.2) is 46.9 Å². The number of fused-ring (bicyclic) bond motifs is 1. The van der Waals surface area contributed by atoms with Crippen molar-refractivity contribution < 1.29 is 14.6 Å². The van der Waals surface area contributed by atoms with Gasteiger partial charge in [-0.1, -0.05) is 28.1 Å². The number of carbonyl (C=O) groups excluding carboxylic acids is 1. The zero-order valence-electron chi connectivity index (χ0n) is 11.2. The maximum Gasteiger partial charge on any atom is 0.419 e. The number of amides is 1. The standard InChI is InChI=1S/C16H12BrNO3/c1-18-14-9-12(19)6-7-13(14)15(21-16(18)20)8-10-2-4-11(17)5-3-10/h2-9,19H,1H3/b15-8-. The van der Waals surface area contributed by atoms with Gasteiger partial charge >= 0.3 is 6.09 Å². The van der Waals surface area contributed by atoms with E-state index in [1.54, 1.807) is 31.3 Å². The van der Waals surface area contributed by atoms with Crippen molar-refractivity contribution >= 4 is 39.5 Å². The smallest absolute Gasteiger partial charge is 0.419 e. The minimum Gasteiger partial charge on any atom is -0.508 e. The highest BCUT2D eigenvalue weighted by atomic mass is 79.9. The Hall–Kier alpha value is -2.27. The van der Waals surface area contributed by atoms with Crippen LogP contribution in [0.1, 0.15) is 11.1 Å². The van der Waals surface area contributed by atoms with E-state index in [9.17, 15) is 9.90 Å². The van der Waals surface area contributed by atoms with E-state index in [2.05, 4.69) is 15.9 Å². The van der Waals surface area contributed by atoms with Gasteiger partial charge in [0.15, 0.2) is 0 Å². The maximum atomic E-state index is 11.9. The highest BCUT2D eigenvalue weighted by molar-refractivity contribution is 9.10. The van der Waals surface area contributed by atoms with E-state index in [-0.39, 0.29) is 5.75 Å². The molecule has 0 unspecified atom stereocenters. The molecular weight excluding hydrogens is 334 g/mol. The molecule has 1 heterocycles. The van der Waals surface area contributed by atoms with E-state index in [1.165, 1.54) is 4.90 Å². The lowest BCUT2D eigenvalue weighted by molar-refractivity contribution is 0.199. The number of hydrogen-bond donors (Lipinski definition) is 1. The lowest BCUT2D eigenvalue weighted by atomic mass is 10.1. The third kappa shape index (κ3) is 2.64. The number of halogens is 1. The highest BCUT2D eigenvalue weighted by Gasteiger charge is 2.26. The number of phenolic OH excluding ortho intramolecular Hbond substituents is 1. The average molecular weight is 346 g/mol. The van der Waals surface area contributed by atoms with E-state index in [4.69, 9.17) is 4.74 Å². The van der Waals surface area contributed by atoms with Crippen LogP contribution in [-0.2, 0) is 4.74 Å². The van der Waals surface area contributed by atoms with Gasteiger partial charge in [0.1, 0.15) is 11.5 Å². The zero-order chi connectivity index (χ0) is 15.0. The number of phenols is 1. The number of hydrogen-bond acceptors (Lipinski definition) is 3. The van der Waals surface area contributed by atoms with Crippen LogP contribution < -0.4 is 4.90 Å². The molecule has 3 rings (SSSR count). The van der Waals surface area contributed by atoms with Crippen LogP contribution in [0.2, 0.25) is 0 Å². The molecule has 0 radical (unpaired) electrons. The molecule has 0 bridgehead atoms. The Morgan fingerprint density at radius 2 is 1.90 bits per heavy atom. The van der Waals surface area contributed by atoms with Crippen LogP contribution in [0, 0.1) is 0 Å². The lowest BCUT2D eigenvalue weighted by Crippen LogP contribution is -2.31. The van der Waals surface area contributed by atoms with Crippen molar-refractivity contribution in [2.45, 2.75) is 0 Å². The number of cyclic esters (lactones) is 1. The van der Waals surface area contributed by atoms with Gasteiger partial charge in [0.2, 0.25) is 0 Å². The molecule has 2 aromatic rings. The summed E-state index contributed by atoms with van der Waals surface area (Å²) in [4.78, 5) is 13.3. The minimum atomic E-state index is -0.475. The first-order valence-electron chi connectivity index (χ1n) is 6.31. The molecule has 4 nitrogen and oxygen atoms in total. The summed E-state index contributed by atoms with van der Waals surface area (Å²) in [5, 5.41) is 9.60. The molecule has 21 heavy (non-hydrogen) atoms. The molecule has 0 atom stereocenters. The van der Waals surface area contributed by atoms with Crippen molar-refractivity contribution in [3.8, 4) is 5.75 Å². The number of nitrogens with zero attached hydrogens (tertiary/aromatic N) is 1. The van der Waals surface area contributed by atoms with Crippen LogP contribution in [0.5, 0.6) is 5.75 Å². The molecule has 0 saturated carbocycles. The van der Waals surface area contributed by atoms with Crippen molar-refractivity contribution in [2.24, 2.45) is 0 Å². The number of ether oxygens (including phenoxy) is 1. The van der Waals surface area contributed by atoms with Gasteiger partial charge in [-0.05, 0) is 35.9 Å². The molecule has 0 saturated heterocycles. The normalized spacial score (nSPS) is 15.8. The van der Waals surface area contributed by atoms with Gasteiger partial charge in [0, 0.05) is 23.2 Å². The molecule has 106 valence electrons. The molecule has 1 amide bonds. The van der Waals surface area contributed by atoms with Crippen LogP contribution in [0.4, 0.5) is 10.5 Å². The first kappa shape index (κ1) is 13.7. The van der Waals surface area contributed by atoms with Gasteiger partial charge in [-0.3, -0.25) is 4.90 Å². The van der Waals surface area contributed by atoms with Crippen LogP contribution >= 0.6 is 15.9 Å². The summed E-state index contributed by atoms with van der Waals surface area (Å²) in [7, 11) is 1.61. The Bertz CT molecular complexity index is 738. The fourth-order valence-corrected chi connectivity index (χ4v) is 2.40. The largest absolute Gasteiger partial charge is 0.508 e. The monoisotopic (exact) mass is 345 g/mol. The zero-order valence-corrected chi connectivity index (χ0v) is 12.8. The minimum absolute atomic E-state index is 0.110. The third-order valence-electron chi connectivity index (χ3n) is 3.25. The number of benzene rings is 2. The van der Waals surface area contributed by atoms with Crippen molar-refractivity contribution in [1.29, 1.82) is 0 Å². The predicted octanol–water partition coefficient (Wildman–Crippen LogP) is 4.24. The van der Waals surface area contributed by atoms with Gasteiger partial charge in [-0.15, -0.1) is 0 Å². The topological polar surface area (TPSA) is 49.8 Å². The summed E-state index contributed by atoms with van der Waals surface area (Å²) in [6.45, 7) is 0. The highest BCUT2D eigenvalue weighted by Crippen LogP contribution is 2.36. The second-order valence-electron chi connectivity index (χ2n) is 4.69. The number of rotatable bonds is 1. The van der Waals surface area contributed by atoms with E-state index in [0.29, 0.717) is 11.4 Å². The summed E-state index contributed by atoms with van der Waals surface area (Å²) in [6.07, 6.45) is 1.32. The quantitative estimate of drug-likeness (QED) is 0.840. The van der Waals surface area contributed by atoms with Crippen molar-refractivity contribution in [3.63, 3.8) is 0 Å². The second kappa shape index (κ2) is 5.26. The summed E-state index contributed by atoms with van der Waals surface area (Å²) < 4.78 is 6.34. The Morgan fingerprint density at radius 1 is 1.19 bits per heavy atom. The molecule has 0 aromatic heterocycles. The summed E-state index contributed by atoms with van der Waals surface area (Å²) in [6, 6.07) is 12.5. The molecule has 5 heteroatoms. The third-order valence-corrected chi connectivity index (χ3v) is 3.78. The number of carbonyl (C=O) groups is 1. The first-order chi connectivity index (χ1) is 10.0. The van der Waals surface area contributed by atoms with Crippen molar-refractivity contribution in [2.75, 3.05) is 11.9 Å². The molecular formula is C16H12BrNO3. The SMILES string of the molecule is CN1C(=O)O/C(=C\c2ccc(Br)cc2)c2ccc(O)cc21. The lowest BCUT2D eigenvalue weighted by Gasteiger charge is -2.27. The van der Waals surface area contributed by atoms with Gasteiger partial charge < -0.3 is 9.84 Å². The number of anilines is 1. The van der Waals surface area contributed by atoms with Crippen LogP contribution in [0.25, 0.3) is 11.8 Å². The second-order valence-corrected chi connectivity index (χ2v) is 5.60. The van der Waals surface area contributed by atoms with Gasteiger partial charge in [-0.2, -0.15) is 0 Å². The molecule has 1 aliphatic rings. The van der Waals surface area contributed by atoms with E-state index < -0.39 is 6.09 Å². The Kier molecular flexibility index (Phi) is 3.43. The van der Waals surface area contributed by atoms with E-state index in [1.807, 2.05) is 24.3 Å². The van der Waals surface area contributed by atoms with E-state index in [0.717, 1.165) is 15.6 Å². The van der Waals surface area contributed by atoms with Crippen molar-refractivity contribution in [3.05, 3.63) is 58.1 Å². The van der Waals surface area contributed by atoms with E-state index >= 15 is 0 Å². The van der Waals surface area contributed by atoms with Crippen LogP contribution in [-0.4, -0.2) is 18.2 Å². The maximum absolute atomic E-state index is 11.9. The van der Waals surface area contributed by atoms with Crippen LogP contribution in [0.3, 0.4) is 0 Å². The van der Waals surface area contributed by atoms with Gasteiger partial charge in [0.05, 0.1) is 5.69 Å². The average Bonchev–Trinajstić information content (AvgIpc) is 2.47. The summed E-state index contributed by atoms with van der Waals surface area (Å²) in [5.74, 6) is 0.578. The fourth-order valence-electron chi connectivity index (χ4n) is 2.14. The molecule has 1 N–H and O–H groups in total. The van der Waals surface area contributed by atoms with Crippen molar-refractivity contribution in [1.82, 2.24) is 0 Å². The molecule has 1 aliphatic heterocycles. The Morgan fingerprint density at radius 3 is 2.62 bits per heavy atom. The fraction of sp³-hybridized carbons (Fsp3) is 0.0625. The number of aromatic hydroxyl groups is 1. The molecule has 2 aromatic carbocycles. The van der Waals surface area contributed by atoms with Gasteiger partial charge in [0.25, 0.3) is 0 Å². The molecule has 0 fully saturated rings. The summed E-state index contributed by atoms with van der Waals surface area (Å²) in [5.41, 5.74) is 2.30. The van der Waals surface area contributed by atoms with Gasteiger partial charge in [-0.25, -0.2) is 4.79 Å². The Balaban J connectivity index is 2.10.